The third kappa shape index (κ3) is 3.79. The molecular weight excluding hydrogens is 250 g/mol. The minimum absolute atomic E-state index is 0.0811. The van der Waals surface area contributed by atoms with Crippen molar-refractivity contribution in [3.05, 3.63) is 29.6 Å². The zero-order chi connectivity index (χ0) is 14.8. The van der Waals surface area contributed by atoms with Crippen LogP contribution in [0, 0.1) is 5.41 Å². The average molecular weight is 275 g/mol. The maximum absolute atomic E-state index is 12.2. The van der Waals surface area contributed by atoms with E-state index in [0.29, 0.717) is 18.3 Å². The van der Waals surface area contributed by atoms with Gasteiger partial charge in [-0.15, -0.1) is 0 Å². The molecule has 1 aromatic rings. The molecule has 0 aromatic carbocycles. The number of hydrogen-bond acceptors (Lipinski definition) is 3. The second-order valence-electron chi connectivity index (χ2n) is 6.86. The molecule has 0 saturated carbocycles. The highest BCUT2D eigenvalue weighted by Crippen LogP contribution is 2.30. The van der Waals surface area contributed by atoms with E-state index in [4.69, 9.17) is 0 Å². The largest absolute Gasteiger partial charge is 0.350 e. The predicted molar refractivity (Wildman–Crippen MR) is 80.6 cm³/mol. The highest BCUT2D eigenvalue weighted by molar-refractivity contribution is 5.92. The van der Waals surface area contributed by atoms with Crippen molar-refractivity contribution in [2.45, 2.75) is 39.7 Å². The van der Waals surface area contributed by atoms with Crippen molar-refractivity contribution < 1.29 is 4.79 Å². The lowest BCUT2D eigenvalue weighted by atomic mass is 9.97. The van der Waals surface area contributed by atoms with Crippen molar-refractivity contribution in [2.24, 2.45) is 5.41 Å². The van der Waals surface area contributed by atoms with Crippen LogP contribution in [0.2, 0.25) is 0 Å². The number of nitrogens with one attached hydrogen (secondary N) is 1. The summed E-state index contributed by atoms with van der Waals surface area (Å²) in [6, 6.07) is 4.38. The van der Waals surface area contributed by atoms with Gasteiger partial charge in [0, 0.05) is 18.8 Å². The maximum Gasteiger partial charge on any atom is 0.269 e. The molecule has 1 saturated heterocycles. The fraction of sp³-hybridized carbons (Fsp3) is 0.625. The molecule has 1 aliphatic heterocycles. The summed E-state index contributed by atoms with van der Waals surface area (Å²) in [6.45, 7) is 8.08. The van der Waals surface area contributed by atoms with E-state index >= 15 is 0 Å². The van der Waals surface area contributed by atoms with Crippen LogP contribution in [0.3, 0.4) is 0 Å². The molecule has 1 fully saturated rings. The maximum atomic E-state index is 12.2. The number of hydrogen-bond donors (Lipinski definition) is 1. The van der Waals surface area contributed by atoms with Gasteiger partial charge in [0.25, 0.3) is 5.91 Å². The first-order valence-electron chi connectivity index (χ1n) is 7.31. The Kier molecular flexibility index (Phi) is 4.43. The van der Waals surface area contributed by atoms with Gasteiger partial charge in [-0.25, -0.2) is 0 Å². The van der Waals surface area contributed by atoms with Gasteiger partial charge in [0.05, 0.1) is 0 Å². The van der Waals surface area contributed by atoms with Crippen molar-refractivity contribution in [1.82, 2.24) is 15.2 Å². The Labute approximate surface area is 121 Å². The Balaban J connectivity index is 2.07. The quantitative estimate of drug-likeness (QED) is 0.922. The van der Waals surface area contributed by atoms with E-state index in [2.05, 4.69) is 43.0 Å². The number of likely N-dealkylation sites (tertiary alicyclic amines) is 1. The van der Waals surface area contributed by atoms with Gasteiger partial charge in [-0.1, -0.05) is 20.8 Å². The molecule has 0 radical (unpaired) electrons. The molecule has 4 heteroatoms. The molecule has 0 spiro atoms. The predicted octanol–water partition coefficient (Wildman–Crippen LogP) is 2.62. The fourth-order valence-electron chi connectivity index (χ4n) is 2.55. The second kappa shape index (κ2) is 5.92. The van der Waals surface area contributed by atoms with Crippen molar-refractivity contribution in [3.63, 3.8) is 0 Å². The molecule has 1 unspecified atom stereocenters. The van der Waals surface area contributed by atoms with Crippen LogP contribution in [0.15, 0.2) is 18.3 Å². The summed E-state index contributed by atoms with van der Waals surface area (Å²) in [4.78, 5) is 18.7. The summed E-state index contributed by atoms with van der Waals surface area (Å²) in [7, 11) is 2.14. The Hall–Kier alpha value is -1.42. The van der Waals surface area contributed by atoms with Gasteiger partial charge in [-0.05, 0) is 49.5 Å². The van der Waals surface area contributed by atoms with Gasteiger partial charge in [0.1, 0.15) is 5.69 Å². The molecule has 1 N–H and O–H groups in total. The number of aromatic nitrogens is 1. The number of nitrogens with zero attached hydrogens (tertiary/aromatic N) is 2. The van der Waals surface area contributed by atoms with Crippen LogP contribution < -0.4 is 5.32 Å². The van der Waals surface area contributed by atoms with Crippen LogP contribution in [0.25, 0.3) is 0 Å². The summed E-state index contributed by atoms with van der Waals surface area (Å²) >= 11 is 0. The summed E-state index contributed by atoms with van der Waals surface area (Å²) in [5.74, 6) is -0.0811. The normalized spacial score (nSPS) is 20.1. The SMILES string of the molecule is CN1CCCC1c1ccnc(C(=O)NCC(C)(C)C)c1. The molecule has 20 heavy (non-hydrogen) atoms. The Morgan fingerprint density at radius 1 is 1.50 bits per heavy atom. The van der Waals surface area contributed by atoms with Crippen LogP contribution in [0.4, 0.5) is 0 Å². The molecular formula is C16H25N3O. The van der Waals surface area contributed by atoms with Gasteiger partial charge < -0.3 is 5.32 Å². The van der Waals surface area contributed by atoms with Crippen molar-refractivity contribution in [1.29, 1.82) is 0 Å². The smallest absolute Gasteiger partial charge is 0.269 e. The van der Waals surface area contributed by atoms with E-state index in [1.165, 1.54) is 12.0 Å². The molecule has 1 aliphatic rings. The monoisotopic (exact) mass is 275 g/mol. The molecule has 2 heterocycles. The number of carbonyl (C=O) groups excluding carboxylic acids is 1. The highest BCUT2D eigenvalue weighted by atomic mass is 16.1. The van der Waals surface area contributed by atoms with E-state index in [-0.39, 0.29) is 11.3 Å². The first-order valence-corrected chi connectivity index (χ1v) is 7.31. The third-order valence-corrected chi connectivity index (χ3v) is 3.70. The van der Waals surface area contributed by atoms with Gasteiger partial charge >= 0.3 is 0 Å². The lowest BCUT2D eigenvalue weighted by Gasteiger charge is -2.21. The van der Waals surface area contributed by atoms with Gasteiger partial charge in [-0.3, -0.25) is 14.7 Å². The van der Waals surface area contributed by atoms with Gasteiger partial charge in [0.2, 0.25) is 0 Å². The van der Waals surface area contributed by atoms with Crippen molar-refractivity contribution in [3.8, 4) is 0 Å². The van der Waals surface area contributed by atoms with Crippen LogP contribution >= 0.6 is 0 Å². The lowest BCUT2D eigenvalue weighted by Crippen LogP contribution is -2.32. The third-order valence-electron chi connectivity index (χ3n) is 3.70. The zero-order valence-electron chi connectivity index (χ0n) is 12.9. The lowest BCUT2D eigenvalue weighted by molar-refractivity contribution is 0.0934. The van der Waals surface area contributed by atoms with Crippen LogP contribution in [-0.4, -0.2) is 35.9 Å². The Bertz CT molecular complexity index is 479. The molecule has 0 aliphatic carbocycles. The molecule has 1 atom stereocenters. The second-order valence-corrected chi connectivity index (χ2v) is 6.86. The van der Waals surface area contributed by atoms with Crippen molar-refractivity contribution in [2.75, 3.05) is 20.1 Å². The molecule has 110 valence electrons. The molecule has 1 aromatic heterocycles. The topological polar surface area (TPSA) is 45.2 Å². The first-order chi connectivity index (χ1) is 9.37. The Morgan fingerprint density at radius 2 is 2.25 bits per heavy atom. The molecule has 0 bridgehead atoms. The number of pyridine rings is 1. The van der Waals surface area contributed by atoms with Gasteiger partial charge in [-0.2, -0.15) is 0 Å². The van der Waals surface area contributed by atoms with E-state index in [1.807, 2.05) is 12.1 Å². The molecule has 4 nitrogen and oxygen atoms in total. The summed E-state index contributed by atoms with van der Waals surface area (Å²) in [5.41, 5.74) is 1.80. The number of amides is 1. The standard InChI is InChI=1S/C16H25N3O/c1-16(2,3)11-18-15(20)13-10-12(7-8-17-13)14-6-5-9-19(14)4/h7-8,10,14H,5-6,9,11H2,1-4H3,(H,18,20). The van der Waals surface area contributed by atoms with E-state index < -0.39 is 0 Å². The minimum atomic E-state index is -0.0811. The number of rotatable bonds is 3. The van der Waals surface area contributed by atoms with E-state index in [9.17, 15) is 4.79 Å². The first kappa shape index (κ1) is 15.0. The van der Waals surface area contributed by atoms with Crippen LogP contribution in [0.1, 0.15) is 55.7 Å². The fourth-order valence-corrected chi connectivity index (χ4v) is 2.55. The molecule has 1 amide bonds. The molecule has 2 rings (SSSR count). The average Bonchev–Trinajstić information content (AvgIpc) is 2.81. The highest BCUT2D eigenvalue weighted by Gasteiger charge is 2.23. The van der Waals surface area contributed by atoms with Crippen molar-refractivity contribution >= 4 is 5.91 Å². The summed E-state index contributed by atoms with van der Waals surface area (Å²) in [5, 5.41) is 2.95. The summed E-state index contributed by atoms with van der Waals surface area (Å²) < 4.78 is 0. The minimum Gasteiger partial charge on any atom is -0.350 e. The van der Waals surface area contributed by atoms with Gasteiger partial charge in [0.15, 0.2) is 0 Å². The Morgan fingerprint density at radius 3 is 2.85 bits per heavy atom. The number of carbonyl (C=O) groups is 1. The van der Waals surface area contributed by atoms with Crippen LogP contribution in [0.5, 0.6) is 0 Å². The van der Waals surface area contributed by atoms with Crippen LogP contribution in [-0.2, 0) is 0 Å². The zero-order valence-corrected chi connectivity index (χ0v) is 12.9. The van der Waals surface area contributed by atoms with E-state index in [1.54, 1.807) is 6.20 Å². The summed E-state index contributed by atoms with van der Waals surface area (Å²) in [6.07, 6.45) is 4.12. The van der Waals surface area contributed by atoms with E-state index in [0.717, 1.165) is 13.0 Å².